The SMILES string of the molecule is COc1cc(F)cc(-c2cc(-n3cccn3)ncn2)c1. The van der Waals surface area contributed by atoms with Gasteiger partial charge < -0.3 is 4.74 Å². The first kappa shape index (κ1) is 12.3. The van der Waals surface area contributed by atoms with E-state index in [1.54, 1.807) is 35.3 Å². The van der Waals surface area contributed by atoms with Gasteiger partial charge in [-0.3, -0.25) is 0 Å². The van der Waals surface area contributed by atoms with E-state index in [0.717, 1.165) is 0 Å². The van der Waals surface area contributed by atoms with Crippen molar-refractivity contribution in [2.45, 2.75) is 0 Å². The maximum atomic E-state index is 13.5. The molecule has 2 aromatic heterocycles. The average Bonchev–Trinajstić information content (AvgIpc) is 3.01. The molecule has 1 aromatic carbocycles. The van der Waals surface area contributed by atoms with E-state index in [9.17, 15) is 4.39 Å². The zero-order valence-electron chi connectivity index (χ0n) is 10.7. The lowest BCUT2D eigenvalue weighted by atomic mass is 10.1. The number of rotatable bonds is 3. The third kappa shape index (κ3) is 2.35. The second-order valence-electron chi connectivity index (χ2n) is 4.09. The molecule has 3 aromatic rings. The van der Waals surface area contributed by atoms with E-state index in [1.165, 1.54) is 25.6 Å². The zero-order chi connectivity index (χ0) is 13.9. The minimum absolute atomic E-state index is 0.376. The highest BCUT2D eigenvalue weighted by Gasteiger charge is 2.07. The molecule has 100 valence electrons. The number of halogens is 1. The minimum Gasteiger partial charge on any atom is -0.497 e. The van der Waals surface area contributed by atoms with E-state index < -0.39 is 0 Å². The van der Waals surface area contributed by atoms with Crippen LogP contribution in [0.25, 0.3) is 17.1 Å². The summed E-state index contributed by atoms with van der Waals surface area (Å²) in [5.74, 6) is 0.682. The van der Waals surface area contributed by atoms with E-state index in [4.69, 9.17) is 4.74 Å². The van der Waals surface area contributed by atoms with Crippen molar-refractivity contribution < 1.29 is 9.13 Å². The van der Waals surface area contributed by atoms with Crippen LogP contribution in [0.2, 0.25) is 0 Å². The highest BCUT2D eigenvalue weighted by atomic mass is 19.1. The normalized spacial score (nSPS) is 10.5. The second kappa shape index (κ2) is 5.08. The Hall–Kier alpha value is -2.76. The second-order valence-corrected chi connectivity index (χ2v) is 4.09. The lowest BCUT2D eigenvalue weighted by Crippen LogP contribution is -1.99. The first-order chi connectivity index (χ1) is 9.76. The highest BCUT2D eigenvalue weighted by Crippen LogP contribution is 2.24. The Morgan fingerprint density at radius 3 is 2.80 bits per heavy atom. The Morgan fingerprint density at radius 2 is 2.05 bits per heavy atom. The summed E-state index contributed by atoms with van der Waals surface area (Å²) in [4.78, 5) is 8.30. The van der Waals surface area contributed by atoms with Crippen LogP contribution in [0.1, 0.15) is 0 Å². The van der Waals surface area contributed by atoms with Gasteiger partial charge in [0, 0.05) is 30.1 Å². The van der Waals surface area contributed by atoms with Gasteiger partial charge in [0.05, 0.1) is 12.8 Å². The molecule has 5 nitrogen and oxygen atoms in total. The first-order valence-electron chi connectivity index (χ1n) is 5.93. The van der Waals surface area contributed by atoms with Gasteiger partial charge in [-0.05, 0) is 18.2 Å². The van der Waals surface area contributed by atoms with E-state index in [2.05, 4.69) is 15.1 Å². The van der Waals surface area contributed by atoms with Crippen molar-refractivity contribution in [3.8, 4) is 22.8 Å². The van der Waals surface area contributed by atoms with Crippen molar-refractivity contribution in [1.29, 1.82) is 0 Å². The number of hydrogen-bond acceptors (Lipinski definition) is 4. The Kier molecular flexibility index (Phi) is 3.12. The topological polar surface area (TPSA) is 52.8 Å². The zero-order valence-corrected chi connectivity index (χ0v) is 10.7. The summed E-state index contributed by atoms with van der Waals surface area (Å²) in [5, 5.41) is 4.10. The molecule has 0 saturated carbocycles. The summed E-state index contributed by atoms with van der Waals surface area (Å²) >= 11 is 0. The van der Waals surface area contributed by atoms with E-state index >= 15 is 0 Å². The van der Waals surface area contributed by atoms with Gasteiger partial charge in [-0.15, -0.1) is 0 Å². The standard InChI is InChI=1S/C14H11FN4O/c1-20-12-6-10(5-11(15)7-12)13-8-14(17-9-16-13)19-4-2-3-18-19/h2-9H,1H3. The van der Waals surface area contributed by atoms with Gasteiger partial charge in [0.2, 0.25) is 0 Å². The van der Waals surface area contributed by atoms with Gasteiger partial charge in [-0.2, -0.15) is 5.10 Å². The number of aromatic nitrogens is 4. The summed E-state index contributed by atoms with van der Waals surface area (Å²) in [6.45, 7) is 0. The van der Waals surface area contributed by atoms with Crippen LogP contribution in [-0.4, -0.2) is 26.9 Å². The predicted molar refractivity (Wildman–Crippen MR) is 71.1 cm³/mol. The van der Waals surface area contributed by atoms with Crippen LogP contribution in [0, 0.1) is 5.82 Å². The summed E-state index contributed by atoms with van der Waals surface area (Å²) in [5.41, 5.74) is 1.22. The molecule has 6 heteroatoms. The molecule has 0 radical (unpaired) electrons. The molecular weight excluding hydrogens is 259 g/mol. The van der Waals surface area contributed by atoms with Crippen LogP contribution in [0.5, 0.6) is 5.75 Å². The summed E-state index contributed by atoms with van der Waals surface area (Å²) < 4.78 is 20.2. The predicted octanol–water partition coefficient (Wildman–Crippen LogP) is 2.48. The molecular formula is C14H11FN4O. The summed E-state index contributed by atoms with van der Waals surface area (Å²) in [6.07, 6.45) is 4.86. The number of benzene rings is 1. The molecule has 0 amide bonds. The Balaban J connectivity index is 2.06. The lowest BCUT2D eigenvalue weighted by Gasteiger charge is -2.06. The fraction of sp³-hybridized carbons (Fsp3) is 0.0714. The van der Waals surface area contributed by atoms with E-state index in [0.29, 0.717) is 22.8 Å². The summed E-state index contributed by atoms with van der Waals surface area (Å²) in [7, 11) is 1.49. The van der Waals surface area contributed by atoms with Crippen LogP contribution >= 0.6 is 0 Å². The third-order valence-electron chi connectivity index (χ3n) is 2.79. The molecule has 0 saturated heterocycles. The van der Waals surface area contributed by atoms with Crippen LogP contribution in [-0.2, 0) is 0 Å². The van der Waals surface area contributed by atoms with E-state index in [-0.39, 0.29) is 5.82 Å². The van der Waals surface area contributed by atoms with Gasteiger partial charge in [-0.25, -0.2) is 19.0 Å². The maximum Gasteiger partial charge on any atom is 0.157 e. The molecule has 0 spiro atoms. The number of nitrogens with zero attached hydrogens (tertiary/aromatic N) is 4. The number of hydrogen-bond donors (Lipinski definition) is 0. The molecule has 0 bridgehead atoms. The molecule has 0 unspecified atom stereocenters. The first-order valence-corrected chi connectivity index (χ1v) is 5.93. The fourth-order valence-corrected chi connectivity index (χ4v) is 1.86. The van der Waals surface area contributed by atoms with Crippen molar-refractivity contribution in [3.05, 3.63) is 54.9 Å². The highest BCUT2D eigenvalue weighted by molar-refractivity contribution is 5.62. The van der Waals surface area contributed by atoms with Crippen molar-refractivity contribution in [2.24, 2.45) is 0 Å². The van der Waals surface area contributed by atoms with Crippen LogP contribution < -0.4 is 4.74 Å². The molecule has 0 aliphatic carbocycles. The van der Waals surface area contributed by atoms with Crippen molar-refractivity contribution >= 4 is 0 Å². The van der Waals surface area contributed by atoms with Gasteiger partial charge in [0.1, 0.15) is 17.9 Å². The average molecular weight is 270 g/mol. The maximum absolute atomic E-state index is 13.5. The molecule has 0 aliphatic rings. The molecule has 3 rings (SSSR count). The Bertz CT molecular complexity index is 728. The molecule has 0 fully saturated rings. The summed E-state index contributed by atoms with van der Waals surface area (Å²) in [6, 6.07) is 7.98. The molecule has 2 heterocycles. The number of ether oxygens (including phenoxy) is 1. The lowest BCUT2D eigenvalue weighted by molar-refractivity contribution is 0.411. The van der Waals surface area contributed by atoms with Crippen LogP contribution in [0.15, 0.2) is 49.1 Å². The smallest absolute Gasteiger partial charge is 0.157 e. The molecule has 0 atom stereocenters. The number of methoxy groups -OCH3 is 1. The van der Waals surface area contributed by atoms with Gasteiger partial charge >= 0.3 is 0 Å². The van der Waals surface area contributed by atoms with Gasteiger partial charge in [0.25, 0.3) is 0 Å². The third-order valence-corrected chi connectivity index (χ3v) is 2.79. The van der Waals surface area contributed by atoms with Gasteiger partial charge in [-0.1, -0.05) is 0 Å². The Morgan fingerprint density at radius 1 is 1.15 bits per heavy atom. The largest absolute Gasteiger partial charge is 0.497 e. The fourth-order valence-electron chi connectivity index (χ4n) is 1.86. The molecule has 0 N–H and O–H groups in total. The van der Waals surface area contributed by atoms with Gasteiger partial charge in [0.15, 0.2) is 5.82 Å². The molecule has 20 heavy (non-hydrogen) atoms. The van der Waals surface area contributed by atoms with Crippen molar-refractivity contribution in [2.75, 3.05) is 7.11 Å². The van der Waals surface area contributed by atoms with Crippen LogP contribution in [0.3, 0.4) is 0 Å². The van der Waals surface area contributed by atoms with Crippen molar-refractivity contribution in [1.82, 2.24) is 19.7 Å². The van der Waals surface area contributed by atoms with E-state index in [1.807, 2.05) is 0 Å². The minimum atomic E-state index is -0.376. The van der Waals surface area contributed by atoms with Crippen molar-refractivity contribution in [3.63, 3.8) is 0 Å². The quantitative estimate of drug-likeness (QED) is 0.733. The monoisotopic (exact) mass is 270 g/mol. The van der Waals surface area contributed by atoms with Crippen LogP contribution in [0.4, 0.5) is 4.39 Å². The Labute approximate surface area is 114 Å². The molecule has 0 aliphatic heterocycles.